The largest absolute Gasteiger partial charge is 0.462 e. The highest BCUT2D eigenvalue weighted by molar-refractivity contribution is 5.97. The summed E-state index contributed by atoms with van der Waals surface area (Å²) in [5, 5.41) is 0. The predicted molar refractivity (Wildman–Crippen MR) is 158 cm³/mol. The Morgan fingerprint density at radius 3 is 1.47 bits per heavy atom. The highest BCUT2D eigenvalue weighted by Gasteiger charge is 2.20. The number of hydrogen-bond acceptors (Lipinski definition) is 12. The number of carbonyl (C=O) groups is 5. The lowest BCUT2D eigenvalue weighted by molar-refractivity contribution is -0.146. The zero-order chi connectivity index (χ0) is 32.9. The third-order valence-electron chi connectivity index (χ3n) is 5.57. The van der Waals surface area contributed by atoms with Crippen LogP contribution in [-0.4, -0.2) is 50.0 Å². The van der Waals surface area contributed by atoms with Crippen LogP contribution in [0.5, 0.6) is 23.0 Å². The molecule has 3 rings (SSSR count). The first-order valence-electron chi connectivity index (χ1n) is 13.3. The number of rotatable bonds is 14. The molecule has 0 aliphatic heterocycles. The van der Waals surface area contributed by atoms with E-state index in [1.807, 2.05) is 0 Å². The summed E-state index contributed by atoms with van der Waals surface area (Å²) in [6.07, 6.45) is 0. The van der Waals surface area contributed by atoms with Gasteiger partial charge in [0, 0.05) is 11.1 Å². The Morgan fingerprint density at radius 1 is 0.578 bits per heavy atom. The van der Waals surface area contributed by atoms with Crippen molar-refractivity contribution in [1.29, 1.82) is 0 Å². The van der Waals surface area contributed by atoms with E-state index in [1.165, 1.54) is 80.6 Å². The summed E-state index contributed by atoms with van der Waals surface area (Å²) >= 11 is 0. The third kappa shape index (κ3) is 10.1. The van der Waals surface area contributed by atoms with Crippen molar-refractivity contribution < 1.29 is 57.1 Å². The second-order valence-corrected chi connectivity index (χ2v) is 9.15. The maximum absolute atomic E-state index is 12.8. The molecule has 0 radical (unpaired) electrons. The molecule has 0 atom stereocenters. The molecule has 3 aromatic carbocycles. The van der Waals surface area contributed by atoms with Crippen molar-refractivity contribution in [2.24, 2.45) is 0 Å². The van der Waals surface area contributed by atoms with Crippen LogP contribution >= 0.6 is 0 Å². The van der Waals surface area contributed by atoms with Gasteiger partial charge >= 0.3 is 29.8 Å². The van der Waals surface area contributed by atoms with Gasteiger partial charge in [0.25, 0.3) is 0 Å². The van der Waals surface area contributed by atoms with Crippen molar-refractivity contribution in [1.82, 2.24) is 0 Å². The minimum absolute atomic E-state index is 0.0104. The Morgan fingerprint density at radius 2 is 1.02 bits per heavy atom. The molecule has 0 heterocycles. The highest BCUT2D eigenvalue weighted by Crippen LogP contribution is 2.27. The molecule has 0 saturated heterocycles. The van der Waals surface area contributed by atoms with Crippen LogP contribution < -0.4 is 18.9 Å². The van der Waals surface area contributed by atoms with E-state index < -0.39 is 29.8 Å². The number of esters is 5. The quantitative estimate of drug-likeness (QED) is 0.0767. The van der Waals surface area contributed by atoms with E-state index in [0.29, 0.717) is 11.5 Å². The molecule has 0 aromatic heterocycles. The molecular weight excluding hydrogens is 588 g/mol. The van der Waals surface area contributed by atoms with Gasteiger partial charge in [-0.05, 0) is 87.5 Å². The van der Waals surface area contributed by atoms with E-state index in [9.17, 15) is 24.0 Å². The summed E-state index contributed by atoms with van der Waals surface area (Å²) in [4.78, 5) is 61.1. The molecule has 0 spiro atoms. The molecule has 234 valence electrons. The molecular formula is C33H30O12. The molecule has 3 aromatic rings. The Hall–Kier alpha value is -5.91. The predicted octanol–water partition coefficient (Wildman–Crippen LogP) is 5.21. The molecule has 0 amide bonds. The Balaban J connectivity index is 1.65. The van der Waals surface area contributed by atoms with Crippen LogP contribution in [0.25, 0.3) is 0 Å². The molecule has 0 aliphatic carbocycles. The number of hydrogen-bond donors (Lipinski definition) is 0. The first kappa shape index (κ1) is 33.6. The fourth-order valence-corrected chi connectivity index (χ4v) is 3.28. The highest BCUT2D eigenvalue weighted by atomic mass is 16.7. The molecule has 0 unspecified atom stereocenters. The molecule has 0 bridgehead atoms. The van der Waals surface area contributed by atoms with Crippen molar-refractivity contribution in [2.75, 3.05) is 20.2 Å². The standard InChI is InChI=1S/C33H30O12/c1-6-39-33(38)27-17-26(44-31(36)22-7-11-24(12-8-22)40-18-42-29(34)20(2)3)15-16-28(27)45-32(37)23-9-13-25(14-10-23)41-19-43-30(35)21(4)5/h7-17H,2,4,6,18-19H2,1,3,5H3. The maximum Gasteiger partial charge on any atom is 0.343 e. The van der Waals surface area contributed by atoms with Crippen LogP contribution in [-0.2, 0) is 23.8 Å². The third-order valence-corrected chi connectivity index (χ3v) is 5.57. The number of benzene rings is 3. The van der Waals surface area contributed by atoms with Gasteiger partial charge in [0.2, 0.25) is 13.6 Å². The van der Waals surface area contributed by atoms with Crippen molar-refractivity contribution in [3.05, 3.63) is 108 Å². The smallest absolute Gasteiger partial charge is 0.343 e. The Bertz CT molecular complexity index is 1590. The first-order valence-corrected chi connectivity index (χ1v) is 13.3. The van der Waals surface area contributed by atoms with Gasteiger partial charge in [-0.15, -0.1) is 0 Å². The monoisotopic (exact) mass is 618 g/mol. The summed E-state index contributed by atoms with van der Waals surface area (Å²) in [6, 6.07) is 15.5. The molecule has 0 N–H and O–H groups in total. The Kier molecular flexibility index (Phi) is 12.0. The van der Waals surface area contributed by atoms with Crippen LogP contribution in [0.2, 0.25) is 0 Å². The SMILES string of the molecule is C=C(C)C(=O)OCOc1ccc(C(=O)Oc2ccc(OC(=O)c3ccc(OCOC(=O)C(=C)C)cc3)c(C(=O)OCC)c2)cc1. The molecule has 45 heavy (non-hydrogen) atoms. The van der Waals surface area contributed by atoms with Gasteiger partial charge in [-0.3, -0.25) is 0 Å². The minimum atomic E-state index is -0.805. The second kappa shape index (κ2) is 16.1. The van der Waals surface area contributed by atoms with Crippen molar-refractivity contribution in [3.63, 3.8) is 0 Å². The van der Waals surface area contributed by atoms with Crippen LogP contribution in [0, 0.1) is 0 Å². The van der Waals surface area contributed by atoms with E-state index in [-0.39, 0.29) is 59.5 Å². The van der Waals surface area contributed by atoms with Gasteiger partial charge in [-0.25, -0.2) is 24.0 Å². The lowest BCUT2D eigenvalue weighted by Gasteiger charge is -2.12. The zero-order valence-corrected chi connectivity index (χ0v) is 24.8. The second-order valence-electron chi connectivity index (χ2n) is 9.15. The summed E-state index contributed by atoms with van der Waals surface area (Å²) in [5.74, 6) is -3.01. The zero-order valence-electron chi connectivity index (χ0n) is 24.8. The van der Waals surface area contributed by atoms with E-state index in [1.54, 1.807) is 6.92 Å². The fourth-order valence-electron chi connectivity index (χ4n) is 3.28. The average molecular weight is 619 g/mol. The molecule has 12 nitrogen and oxygen atoms in total. The summed E-state index contributed by atoms with van der Waals surface area (Å²) in [5.41, 5.74) is 0.600. The van der Waals surface area contributed by atoms with Gasteiger partial charge in [-0.1, -0.05) is 13.2 Å². The first-order chi connectivity index (χ1) is 21.5. The molecule has 0 fully saturated rings. The van der Waals surface area contributed by atoms with Gasteiger partial charge < -0.3 is 33.2 Å². The van der Waals surface area contributed by atoms with E-state index in [2.05, 4.69) is 13.2 Å². The van der Waals surface area contributed by atoms with Crippen molar-refractivity contribution in [2.45, 2.75) is 20.8 Å². The van der Waals surface area contributed by atoms with Crippen LogP contribution in [0.3, 0.4) is 0 Å². The van der Waals surface area contributed by atoms with Gasteiger partial charge in [0.1, 0.15) is 28.6 Å². The molecule has 0 aliphatic rings. The topological polar surface area (TPSA) is 150 Å². The number of ether oxygens (including phenoxy) is 7. The minimum Gasteiger partial charge on any atom is -0.462 e. The Labute approximate surface area is 258 Å². The lowest BCUT2D eigenvalue weighted by Crippen LogP contribution is -2.14. The number of carbonyl (C=O) groups excluding carboxylic acids is 5. The summed E-state index contributed by atoms with van der Waals surface area (Å²) in [7, 11) is 0. The molecule has 0 saturated carbocycles. The normalized spacial score (nSPS) is 10.1. The van der Waals surface area contributed by atoms with Gasteiger partial charge in [-0.2, -0.15) is 0 Å². The van der Waals surface area contributed by atoms with Crippen molar-refractivity contribution >= 4 is 29.8 Å². The summed E-state index contributed by atoms with van der Waals surface area (Å²) < 4.78 is 36.3. The van der Waals surface area contributed by atoms with E-state index >= 15 is 0 Å². The van der Waals surface area contributed by atoms with E-state index in [0.717, 1.165) is 0 Å². The van der Waals surface area contributed by atoms with Crippen LogP contribution in [0.4, 0.5) is 0 Å². The van der Waals surface area contributed by atoms with Gasteiger partial charge in [0.15, 0.2) is 0 Å². The average Bonchev–Trinajstić information content (AvgIpc) is 3.02. The van der Waals surface area contributed by atoms with E-state index in [4.69, 9.17) is 33.2 Å². The molecule has 12 heteroatoms. The van der Waals surface area contributed by atoms with Crippen molar-refractivity contribution in [3.8, 4) is 23.0 Å². The fraction of sp³-hybridized carbons (Fsp3) is 0.182. The summed E-state index contributed by atoms with van der Waals surface area (Å²) in [6.45, 7) is 10.9. The maximum atomic E-state index is 12.8. The lowest BCUT2D eigenvalue weighted by atomic mass is 10.1. The van der Waals surface area contributed by atoms with Crippen LogP contribution in [0.1, 0.15) is 51.8 Å². The van der Waals surface area contributed by atoms with Gasteiger partial charge in [0.05, 0.1) is 17.7 Å². The van der Waals surface area contributed by atoms with Crippen LogP contribution in [0.15, 0.2) is 91.0 Å².